The van der Waals surface area contributed by atoms with Crippen LogP contribution >= 0.6 is 0 Å². The molecule has 0 aliphatic carbocycles. The maximum atomic E-state index is 13.8. The van der Waals surface area contributed by atoms with Gasteiger partial charge < -0.3 is 14.8 Å². The summed E-state index contributed by atoms with van der Waals surface area (Å²) >= 11 is 0. The Morgan fingerprint density at radius 2 is 1.63 bits per heavy atom. The fourth-order valence-electron chi connectivity index (χ4n) is 12.8. The standard InChI is InChI=1S/C56H68N10O5/c1-35-32-61(33-38-6-11-47-44(30-38)56(3,4)55(71)66(47)48-12-13-50(67)59-52(48)68)28-29-64(35)34-37-16-23-63(24-17-37)53(69)41-9-7-39(8-10-41)40-18-25-62(26-19-40)36(2)49-31-43-46(15-22-58-51(43)60(49)5)65-27-20-45-42(54(65)70)14-21-57-45/h6-11,15,20,22,27,30-31,35-37,40,48,57H,12-14,16-19,21,23-26,28-29,32-34H2,1-5H3,(H,59,67,68)/t35-,36-,48+/m0/s1. The van der Waals surface area contributed by atoms with E-state index in [9.17, 15) is 24.0 Å². The molecule has 0 spiro atoms. The molecule has 2 N–H and O–H groups in total. The van der Waals surface area contributed by atoms with Gasteiger partial charge in [-0.15, -0.1) is 0 Å². The van der Waals surface area contributed by atoms with Crippen molar-refractivity contribution in [2.24, 2.45) is 13.0 Å². The average molecular weight is 961 g/mol. The van der Waals surface area contributed by atoms with Crippen LogP contribution in [0.1, 0.15) is 116 Å². The molecule has 3 aromatic heterocycles. The summed E-state index contributed by atoms with van der Waals surface area (Å²) in [6.07, 6.45) is 9.11. The van der Waals surface area contributed by atoms with Crippen LogP contribution in [0.4, 0.5) is 11.4 Å². The van der Waals surface area contributed by atoms with Gasteiger partial charge in [-0.05, 0) is 144 Å². The van der Waals surface area contributed by atoms with Gasteiger partial charge in [0.05, 0.1) is 11.1 Å². The number of piperazine rings is 1. The van der Waals surface area contributed by atoms with E-state index < -0.39 is 17.4 Å². The first-order valence-electron chi connectivity index (χ1n) is 26.1. The fourth-order valence-corrected chi connectivity index (χ4v) is 12.8. The first-order valence-corrected chi connectivity index (χ1v) is 26.1. The van der Waals surface area contributed by atoms with Crippen molar-refractivity contribution in [3.8, 4) is 5.69 Å². The van der Waals surface area contributed by atoms with Crippen LogP contribution in [-0.4, -0.2) is 128 Å². The molecule has 3 atom stereocenters. The topological polar surface area (TPSA) is 148 Å². The third-order valence-corrected chi connectivity index (χ3v) is 17.1. The second-order valence-electron chi connectivity index (χ2n) is 21.8. The number of aromatic nitrogens is 3. The van der Waals surface area contributed by atoms with E-state index in [1.807, 2.05) is 50.4 Å². The molecule has 9 heterocycles. The van der Waals surface area contributed by atoms with Crippen molar-refractivity contribution in [3.05, 3.63) is 117 Å². The van der Waals surface area contributed by atoms with Gasteiger partial charge in [0.25, 0.3) is 11.5 Å². The molecule has 0 bridgehead atoms. The number of carbonyl (C=O) groups is 4. The maximum absolute atomic E-state index is 13.8. The molecule has 4 saturated heterocycles. The lowest BCUT2D eigenvalue weighted by atomic mass is 9.85. The minimum absolute atomic E-state index is 0.0353. The Kier molecular flexibility index (Phi) is 12.5. The summed E-state index contributed by atoms with van der Waals surface area (Å²) in [6, 6.07) is 20.8. The van der Waals surface area contributed by atoms with Crippen LogP contribution in [0.25, 0.3) is 16.7 Å². The number of benzene rings is 2. The van der Waals surface area contributed by atoms with Crippen LogP contribution in [0.15, 0.2) is 77.9 Å². The zero-order chi connectivity index (χ0) is 49.3. The first-order chi connectivity index (χ1) is 34.2. The van der Waals surface area contributed by atoms with Crippen molar-refractivity contribution in [2.75, 3.05) is 69.1 Å². The molecule has 11 rings (SSSR count). The van der Waals surface area contributed by atoms with E-state index in [2.05, 4.69) is 86.0 Å². The van der Waals surface area contributed by atoms with Crippen molar-refractivity contribution in [2.45, 2.75) is 109 Å². The van der Waals surface area contributed by atoms with E-state index in [0.717, 1.165) is 148 Å². The zero-order valence-corrected chi connectivity index (χ0v) is 42.0. The maximum Gasteiger partial charge on any atom is 0.260 e. The molecule has 372 valence electrons. The second-order valence-corrected chi connectivity index (χ2v) is 21.8. The summed E-state index contributed by atoms with van der Waals surface area (Å²) in [7, 11) is 2.08. The summed E-state index contributed by atoms with van der Waals surface area (Å²) in [5, 5.41) is 6.72. The van der Waals surface area contributed by atoms with E-state index in [4.69, 9.17) is 4.98 Å². The molecule has 2 aromatic carbocycles. The quantitative estimate of drug-likeness (QED) is 0.157. The minimum atomic E-state index is -0.761. The minimum Gasteiger partial charge on any atom is -0.384 e. The van der Waals surface area contributed by atoms with Gasteiger partial charge in [0, 0.05) is 124 Å². The molecule has 0 radical (unpaired) electrons. The normalized spacial score (nSPS) is 23.0. The smallest absolute Gasteiger partial charge is 0.260 e. The van der Waals surface area contributed by atoms with Gasteiger partial charge in [-0.2, -0.15) is 0 Å². The number of hydrogen-bond acceptors (Lipinski definition) is 10. The van der Waals surface area contributed by atoms with Crippen LogP contribution in [-0.2, 0) is 39.8 Å². The first kappa shape index (κ1) is 47.2. The lowest BCUT2D eigenvalue weighted by Crippen LogP contribution is -2.55. The van der Waals surface area contributed by atoms with Crippen molar-refractivity contribution >= 4 is 46.0 Å². The van der Waals surface area contributed by atoms with Gasteiger partial charge in [-0.3, -0.25) is 53.5 Å². The largest absolute Gasteiger partial charge is 0.384 e. The van der Waals surface area contributed by atoms with Crippen LogP contribution < -0.4 is 21.1 Å². The number of rotatable bonds is 10. The highest BCUT2D eigenvalue weighted by molar-refractivity contribution is 6.13. The Morgan fingerprint density at radius 3 is 2.38 bits per heavy atom. The number of imide groups is 1. The van der Waals surface area contributed by atoms with E-state index in [1.165, 1.54) is 11.3 Å². The summed E-state index contributed by atoms with van der Waals surface area (Å²) in [4.78, 5) is 81.6. The monoisotopic (exact) mass is 961 g/mol. The number of fused-ring (bicyclic) bond motifs is 3. The number of pyridine rings is 2. The number of nitrogens with zero attached hydrogens (tertiary/aromatic N) is 8. The summed E-state index contributed by atoms with van der Waals surface area (Å²) in [5.41, 5.74) is 8.94. The molecular weight excluding hydrogens is 893 g/mol. The lowest BCUT2D eigenvalue weighted by molar-refractivity contribution is -0.136. The average Bonchev–Trinajstić information content (AvgIpc) is 4.05. The summed E-state index contributed by atoms with van der Waals surface area (Å²) < 4.78 is 3.96. The van der Waals surface area contributed by atoms with E-state index in [0.29, 0.717) is 24.3 Å². The predicted octanol–water partition coefficient (Wildman–Crippen LogP) is 6.12. The van der Waals surface area contributed by atoms with Gasteiger partial charge >= 0.3 is 0 Å². The Balaban J connectivity index is 0.641. The number of piperidine rings is 3. The van der Waals surface area contributed by atoms with Crippen LogP contribution in [0.2, 0.25) is 0 Å². The number of amides is 4. The fraction of sp³-hybridized carbons (Fsp3) is 0.500. The van der Waals surface area contributed by atoms with Crippen molar-refractivity contribution in [1.82, 2.24) is 39.0 Å². The van der Waals surface area contributed by atoms with Gasteiger partial charge in [0.2, 0.25) is 17.7 Å². The number of nitrogens with one attached hydrogen (secondary N) is 2. The number of carbonyl (C=O) groups excluding carboxylic acids is 4. The van der Waals surface area contributed by atoms with Crippen molar-refractivity contribution < 1.29 is 19.2 Å². The van der Waals surface area contributed by atoms with Gasteiger partial charge in [-0.1, -0.05) is 24.3 Å². The highest BCUT2D eigenvalue weighted by Gasteiger charge is 2.49. The molecule has 6 aliphatic rings. The van der Waals surface area contributed by atoms with Gasteiger partial charge in [0.15, 0.2) is 0 Å². The predicted molar refractivity (Wildman–Crippen MR) is 275 cm³/mol. The zero-order valence-electron chi connectivity index (χ0n) is 42.0. The Hall–Kier alpha value is -6.16. The van der Waals surface area contributed by atoms with Gasteiger partial charge in [0.1, 0.15) is 11.7 Å². The Labute approximate surface area is 416 Å². The van der Waals surface area contributed by atoms with Crippen molar-refractivity contribution in [3.63, 3.8) is 0 Å². The highest BCUT2D eigenvalue weighted by atomic mass is 16.2. The molecular formula is C56H68N10O5. The molecule has 15 heteroatoms. The van der Waals surface area contributed by atoms with Crippen LogP contribution in [0.3, 0.4) is 0 Å². The van der Waals surface area contributed by atoms with E-state index >= 15 is 0 Å². The molecule has 0 saturated carbocycles. The van der Waals surface area contributed by atoms with Crippen LogP contribution in [0.5, 0.6) is 0 Å². The van der Waals surface area contributed by atoms with E-state index in [1.54, 1.807) is 15.7 Å². The van der Waals surface area contributed by atoms with Crippen molar-refractivity contribution in [1.29, 1.82) is 0 Å². The molecule has 5 aromatic rings. The molecule has 4 amide bonds. The number of likely N-dealkylation sites (tertiary alicyclic amines) is 2. The third kappa shape index (κ3) is 8.67. The lowest BCUT2D eigenvalue weighted by Gasteiger charge is -2.42. The molecule has 4 fully saturated rings. The third-order valence-electron chi connectivity index (χ3n) is 17.1. The Morgan fingerprint density at radius 1 is 0.859 bits per heavy atom. The second kappa shape index (κ2) is 18.8. The molecule has 71 heavy (non-hydrogen) atoms. The Bertz CT molecular complexity index is 2960. The number of hydrogen-bond donors (Lipinski definition) is 2. The van der Waals surface area contributed by atoms with Crippen LogP contribution in [0, 0.1) is 5.92 Å². The summed E-state index contributed by atoms with van der Waals surface area (Å²) in [6.45, 7) is 17.5. The van der Waals surface area contributed by atoms with Gasteiger partial charge in [-0.25, -0.2) is 4.98 Å². The number of anilines is 2. The molecule has 6 aliphatic heterocycles. The SMILES string of the molecule is C[C@H]1CN(Cc2ccc3c(c2)C(C)(C)C(=O)N3[C@@H]2CCC(=O)NC2=O)CCN1CC1CCN(C(=O)c2ccc(C3CCN([C@@H](C)c4cc5c(-n6ccc7c(c6=O)CCN7)ccnc5n4C)CC3)cc2)CC1. The molecule has 15 nitrogen and oxygen atoms in total. The van der Waals surface area contributed by atoms with E-state index in [-0.39, 0.29) is 35.7 Å². The summed E-state index contributed by atoms with van der Waals surface area (Å²) in [5.74, 6) is 0.352. The highest BCUT2D eigenvalue weighted by Crippen LogP contribution is 2.44. The number of aryl methyl sites for hydroxylation is 1. The molecule has 0 unspecified atom stereocenters.